The Bertz CT molecular complexity index is 1190. The van der Waals surface area contributed by atoms with E-state index in [1.165, 1.54) is 11.3 Å². The first-order chi connectivity index (χ1) is 15.6. The summed E-state index contributed by atoms with van der Waals surface area (Å²) in [5, 5.41) is 5.60. The molecule has 3 aromatic carbocycles. The Morgan fingerprint density at radius 2 is 1.62 bits per heavy atom. The van der Waals surface area contributed by atoms with Crippen molar-refractivity contribution in [2.75, 3.05) is 19.5 Å². The minimum Gasteiger partial charge on any atom is -0.493 e. The number of carbonyl (C=O) groups is 1. The summed E-state index contributed by atoms with van der Waals surface area (Å²) >= 11 is 1.48. The van der Waals surface area contributed by atoms with Crippen molar-refractivity contribution in [2.45, 2.75) is 6.42 Å². The van der Waals surface area contributed by atoms with Crippen LogP contribution in [0.25, 0.3) is 10.6 Å². The number of carbonyl (C=O) groups excluding carboxylic acids is 1. The molecule has 0 aliphatic carbocycles. The fraction of sp³-hybridized carbons (Fsp3) is 0.120. The zero-order valence-corrected chi connectivity index (χ0v) is 18.5. The number of rotatable bonds is 8. The fourth-order valence-corrected chi connectivity index (χ4v) is 3.91. The van der Waals surface area contributed by atoms with Gasteiger partial charge in [0.1, 0.15) is 16.5 Å². The average Bonchev–Trinajstić information content (AvgIpc) is 3.29. The smallest absolute Gasteiger partial charge is 0.230 e. The number of anilines is 1. The van der Waals surface area contributed by atoms with Gasteiger partial charge in [-0.2, -0.15) is 0 Å². The Morgan fingerprint density at radius 3 is 2.34 bits per heavy atom. The fourth-order valence-electron chi connectivity index (χ4n) is 3.09. The van der Waals surface area contributed by atoms with Crippen LogP contribution in [-0.4, -0.2) is 25.1 Å². The highest BCUT2D eigenvalue weighted by Gasteiger charge is 2.12. The molecule has 0 aliphatic heterocycles. The summed E-state index contributed by atoms with van der Waals surface area (Å²) < 4.78 is 16.4. The first-order valence-corrected chi connectivity index (χ1v) is 10.8. The van der Waals surface area contributed by atoms with Gasteiger partial charge in [-0.1, -0.05) is 18.2 Å². The molecule has 4 rings (SSSR count). The molecule has 1 N–H and O–H groups in total. The van der Waals surface area contributed by atoms with Gasteiger partial charge in [-0.3, -0.25) is 4.79 Å². The van der Waals surface area contributed by atoms with Gasteiger partial charge in [0.05, 0.1) is 26.3 Å². The molecule has 0 saturated carbocycles. The van der Waals surface area contributed by atoms with Gasteiger partial charge in [-0.05, 0) is 54.6 Å². The van der Waals surface area contributed by atoms with Gasteiger partial charge in [-0.15, -0.1) is 11.3 Å². The summed E-state index contributed by atoms with van der Waals surface area (Å²) in [6.07, 6.45) is 0.187. The Morgan fingerprint density at radius 1 is 0.906 bits per heavy atom. The van der Waals surface area contributed by atoms with Crippen LogP contribution in [0.1, 0.15) is 5.69 Å². The molecule has 0 atom stereocenters. The number of amides is 1. The molecule has 1 amide bonds. The van der Waals surface area contributed by atoms with Crippen molar-refractivity contribution in [3.8, 4) is 33.6 Å². The van der Waals surface area contributed by atoms with E-state index in [9.17, 15) is 4.79 Å². The molecule has 0 fully saturated rings. The molecule has 162 valence electrons. The van der Waals surface area contributed by atoms with E-state index in [2.05, 4.69) is 10.3 Å². The molecule has 4 aromatic rings. The summed E-state index contributed by atoms with van der Waals surface area (Å²) in [5.74, 6) is 2.63. The molecule has 1 aromatic heterocycles. The first-order valence-electron chi connectivity index (χ1n) is 9.94. The van der Waals surface area contributed by atoms with E-state index in [0.29, 0.717) is 28.6 Å². The topological polar surface area (TPSA) is 69.7 Å². The molecular formula is C25H22N2O4S. The third-order valence-electron chi connectivity index (χ3n) is 4.64. The molecule has 0 spiro atoms. The second-order valence-electron chi connectivity index (χ2n) is 6.88. The number of thiazole rings is 1. The number of nitrogens with zero attached hydrogens (tertiary/aromatic N) is 1. The van der Waals surface area contributed by atoms with E-state index in [0.717, 1.165) is 16.3 Å². The monoisotopic (exact) mass is 446 g/mol. The predicted molar refractivity (Wildman–Crippen MR) is 126 cm³/mol. The van der Waals surface area contributed by atoms with Gasteiger partial charge in [-0.25, -0.2) is 4.98 Å². The number of benzene rings is 3. The van der Waals surface area contributed by atoms with Gasteiger partial charge < -0.3 is 19.5 Å². The molecule has 0 saturated heterocycles. The predicted octanol–water partition coefficient (Wildman–Crippen LogP) is 5.80. The Balaban J connectivity index is 1.36. The molecule has 6 nitrogen and oxygen atoms in total. The molecule has 0 aliphatic rings. The number of ether oxygens (including phenoxy) is 3. The SMILES string of the molecule is COc1ccc(-c2nc(CC(=O)Nc3ccc(Oc4ccccc4)cc3)cs2)cc1OC. The van der Waals surface area contributed by atoms with Crippen molar-refractivity contribution in [1.82, 2.24) is 4.98 Å². The van der Waals surface area contributed by atoms with Crippen LogP contribution < -0.4 is 19.5 Å². The normalized spacial score (nSPS) is 10.4. The van der Waals surface area contributed by atoms with Gasteiger partial charge >= 0.3 is 0 Å². The second kappa shape index (κ2) is 9.98. The summed E-state index contributed by atoms with van der Waals surface area (Å²) in [6.45, 7) is 0. The maximum absolute atomic E-state index is 12.5. The van der Waals surface area contributed by atoms with E-state index < -0.39 is 0 Å². The molecule has 0 unspecified atom stereocenters. The van der Waals surface area contributed by atoms with Crippen LogP contribution in [0.5, 0.6) is 23.0 Å². The molecular weight excluding hydrogens is 424 g/mol. The summed E-state index contributed by atoms with van der Waals surface area (Å²) in [5.41, 5.74) is 2.32. The van der Waals surface area contributed by atoms with Gasteiger partial charge in [0.25, 0.3) is 0 Å². The highest BCUT2D eigenvalue weighted by Crippen LogP contribution is 2.33. The Kier molecular flexibility index (Phi) is 6.67. The van der Waals surface area contributed by atoms with Crippen LogP contribution in [-0.2, 0) is 11.2 Å². The third-order valence-corrected chi connectivity index (χ3v) is 5.58. The van der Waals surface area contributed by atoms with E-state index in [4.69, 9.17) is 14.2 Å². The average molecular weight is 447 g/mol. The van der Waals surface area contributed by atoms with Gasteiger partial charge in [0.2, 0.25) is 5.91 Å². The number of nitrogens with one attached hydrogen (secondary N) is 1. The zero-order chi connectivity index (χ0) is 22.3. The molecule has 1 heterocycles. The summed E-state index contributed by atoms with van der Waals surface area (Å²) in [6, 6.07) is 22.4. The lowest BCUT2D eigenvalue weighted by atomic mass is 10.2. The van der Waals surface area contributed by atoms with Crippen LogP contribution in [0, 0.1) is 0 Å². The highest BCUT2D eigenvalue weighted by molar-refractivity contribution is 7.13. The number of para-hydroxylation sites is 1. The third kappa shape index (κ3) is 5.25. The quantitative estimate of drug-likeness (QED) is 0.370. The number of hydrogen-bond acceptors (Lipinski definition) is 6. The maximum atomic E-state index is 12.5. The van der Waals surface area contributed by atoms with Crippen molar-refractivity contribution in [3.63, 3.8) is 0 Å². The summed E-state index contributed by atoms with van der Waals surface area (Å²) in [7, 11) is 3.20. The van der Waals surface area contributed by atoms with Crippen molar-refractivity contribution in [1.29, 1.82) is 0 Å². The van der Waals surface area contributed by atoms with Crippen molar-refractivity contribution in [3.05, 3.63) is 83.9 Å². The van der Waals surface area contributed by atoms with Crippen molar-refractivity contribution in [2.24, 2.45) is 0 Å². The molecule has 32 heavy (non-hydrogen) atoms. The number of aromatic nitrogens is 1. The largest absolute Gasteiger partial charge is 0.493 e. The van der Waals surface area contributed by atoms with E-state index >= 15 is 0 Å². The lowest BCUT2D eigenvalue weighted by Gasteiger charge is -2.08. The second-order valence-corrected chi connectivity index (χ2v) is 7.74. The lowest BCUT2D eigenvalue weighted by Crippen LogP contribution is -2.14. The van der Waals surface area contributed by atoms with Crippen LogP contribution >= 0.6 is 11.3 Å². The Hall–Kier alpha value is -3.84. The van der Waals surface area contributed by atoms with E-state index in [1.54, 1.807) is 14.2 Å². The molecule has 0 bridgehead atoms. The first kappa shape index (κ1) is 21.4. The highest BCUT2D eigenvalue weighted by atomic mass is 32.1. The minimum absolute atomic E-state index is 0.133. The maximum Gasteiger partial charge on any atom is 0.230 e. The van der Waals surface area contributed by atoms with E-state index in [1.807, 2.05) is 78.2 Å². The number of methoxy groups -OCH3 is 2. The number of hydrogen-bond donors (Lipinski definition) is 1. The summed E-state index contributed by atoms with van der Waals surface area (Å²) in [4.78, 5) is 17.1. The molecule has 0 radical (unpaired) electrons. The zero-order valence-electron chi connectivity index (χ0n) is 17.7. The Labute approximate surface area is 190 Å². The van der Waals surface area contributed by atoms with Crippen LogP contribution in [0.3, 0.4) is 0 Å². The van der Waals surface area contributed by atoms with Gasteiger partial charge in [0.15, 0.2) is 11.5 Å². The van der Waals surface area contributed by atoms with Gasteiger partial charge in [0, 0.05) is 16.6 Å². The van der Waals surface area contributed by atoms with Crippen LogP contribution in [0.4, 0.5) is 5.69 Å². The van der Waals surface area contributed by atoms with Crippen LogP contribution in [0.15, 0.2) is 78.2 Å². The lowest BCUT2D eigenvalue weighted by molar-refractivity contribution is -0.115. The van der Waals surface area contributed by atoms with E-state index in [-0.39, 0.29) is 12.3 Å². The van der Waals surface area contributed by atoms with Crippen molar-refractivity contribution >= 4 is 22.9 Å². The minimum atomic E-state index is -0.133. The standard InChI is InChI=1S/C25H22N2O4S/c1-29-22-13-8-17(14-23(22)30-2)25-27-19(16-32-25)15-24(28)26-18-9-11-21(12-10-18)31-20-6-4-3-5-7-20/h3-14,16H,15H2,1-2H3,(H,26,28). The molecule has 7 heteroatoms. The van der Waals surface area contributed by atoms with Crippen LogP contribution in [0.2, 0.25) is 0 Å². The van der Waals surface area contributed by atoms with Crippen molar-refractivity contribution < 1.29 is 19.0 Å².